The summed E-state index contributed by atoms with van der Waals surface area (Å²) in [4.78, 5) is 27.4. The van der Waals surface area contributed by atoms with Crippen molar-refractivity contribution < 1.29 is 14.4 Å². The fourth-order valence-electron chi connectivity index (χ4n) is 2.95. The average molecular weight is 388 g/mol. The number of halogens is 1. The minimum absolute atomic E-state index is 0.155. The zero-order chi connectivity index (χ0) is 19.0. The molecule has 0 saturated carbocycles. The van der Waals surface area contributed by atoms with Crippen LogP contribution in [0.5, 0.6) is 11.5 Å². The second-order valence-corrected chi connectivity index (χ2v) is 6.50. The fraction of sp³-hybridized carbons (Fsp3) is 0.222. The van der Waals surface area contributed by atoms with Gasteiger partial charge in [-0.25, -0.2) is 4.98 Å². The van der Waals surface area contributed by atoms with Crippen molar-refractivity contribution in [2.24, 2.45) is 0 Å². The number of nitro groups is 1. The highest BCUT2D eigenvalue weighted by atomic mass is 35.5. The number of fused-ring (bicyclic) bond motifs is 2. The summed E-state index contributed by atoms with van der Waals surface area (Å²) in [5.74, 6) is 1.03. The van der Waals surface area contributed by atoms with E-state index in [0.29, 0.717) is 35.3 Å². The molecule has 0 saturated heterocycles. The Morgan fingerprint density at radius 3 is 2.85 bits per heavy atom. The molecule has 0 unspecified atom stereocenters. The van der Waals surface area contributed by atoms with Gasteiger partial charge in [-0.1, -0.05) is 11.6 Å². The van der Waals surface area contributed by atoms with E-state index in [1.54, 1.807) is 12.1 Å². The number of hydrogen-bond acceptors (Lipinski definition) is 6. The smallest absolute Gasteiger partial charge is 0.270 e. The molecule has 0 bridgehead atoms. The van der Waals surface area contributed by atoms with Crippen LogP contribution in [-0.4, -0.2) is 27.7 Å². The predicted octanol–water partition coefficient (Wildman–Crippen LogP) is 3.17. The largest absolute Gasteiger partial charge is 0.489 e. The van der Waals surface area contributed by atoms with Crippen molar-refractivity contribution >= 4 is 28.2 Å². The molecular weight excluding hydrogens is 374 g/mol. The Balaban J connectivity index is 1.74. The number of ether oxygens (including phenoxy) is 2. The fourth-order valence-corrected chi connectivity index (χ4v) is 3.23. The molecular formula is C18H14ClN3O5. The number of non-ortho nitro benzene ring substituents is 1. The van der Waals surface area contributed by atoms with Crippen LogP contribution in [0, 0.1) is 10.1 Å². The van der Waals surface area contributed by atoms with Gasteiger partial charge < -0.3 is 9.47 Å². The highest BCUT2D eigenvalue weighted by molar-refractivity contribution is 6.32. The molecule has 4 rings (SSSR count). The maximum absolute atomic E-state index is 12.7. The Bertz CT molecular complexity index is 1110. The van der Waals surface area contributed by atoms with E-state index in [2.05, 4.69) is 4.98 Å². The van der Waals surface area contributed by atoms with Gasteiger partial charge in [0.2, 0.25) is 0 Å². The van der Waals surface area contributed by atoms with Gasteiger partial charge in [0.15, 0.2) is 11.5 Å². The van der Waals surface area contributed by atoms with E-state index in [4.69, 9.17) is 21.1 Å². The molecule has 0 radical (unpaired) electrons. The molecule has 9 heteroatoms. The maximum atomic E-state index is 12.7. The Hall–Kier alpha value is -3.13. The monoisotopic (exact) mass is 387 g/mol. The molecule has 138 valence electrons. The van der Waals surface area contributed by atoms with E-state index in [9.17, 15) is 14.9 Å². The molecule has 1 aliphatic rings. The van der Waals surface area contributed by atoms with Crippen LogP contribution < -0.4 is 15.0 Å². The lowest BCUT2D eigenvalue weighted by molar-refractivity contribution is -0.384. The topological polar surface area (TPSA) is 96.5 Å². The molecule has 0 amide bonds. The average Bonchev–Trinajstić information content (AvgIpc) is 2.90. The van der Waals surface area contributed by atoms with Gasteiger partial charge in [-0.15, -0.1) is 0 Å². The normalized spacial score (nSPS) is 13.4. The second-order valence-electron chi connectivity index (χ2n) is 6.09. The van der Waals surface area contributed by atoms with Gasteiger partial charge in [0.25, 0.3) is 11.2 Å². The number of nitro benzene ring substituents is 1. The van der Waals surface area contributed by atoms with Crippen molar-refractivity contribution in [1.29, 1.82) is 0 Å². The van der Waals surface area contributed by atoms with E-state index < -0.39 is 4.92 Å². The summed E-state index contributed by atoms with van der Waals surface area (Å²) in [6.45, 7) is 1.24. The Kier molecular flexibility index (Phi) is 4.41. The molecule has 0 atom stereocenters. The summed E-state index contributed by atoms with van der Waals surface area (Å²) in [5.41, 5.74) is 0.612. The quantitative estimate of drug-likeness (QED) is 0.506. The van der Waals surface area contributed by atoms with E-state index in [1.165, 1.54) is 29.1 Å². The molecule has 1 aromatic heterocycles. The van der Waals surface area contributed by atoms with Gasteiger partial charge >= 0.3 is 0 Å². The third-order valence-corrected chi connectivity index (χ3v) is 4.51. The van der Waals surface area contributed by atoms with Crippen molar-refractivity contribution in [1.82, 2.24) is 9.55 Å². The van der Waals surface area contributed by atoms with Crippen LogP contribution in [0.15, 0.2) is 41.5 Å². The summed E-state index contributed by atoms with van der Waals surface area (Å²) in [7, 11) is 0. The zero-order valence-electron chi connectivity index (χ0n) is 14.1. The number of rotatable bonds is 3. The van der Waals surface area contributed by atoms with Crippen LogP contribution in [0.25, 0.3) is 10.9 Å². The molecule has 0 N–H and O–H groups in total. The second kappa shape index (κ2) is 6.88. The number of hydrogen-bond donors (Lipinski definition) is 0. The first-order valence-corrected chi connectivity index (χ1v) is 8.62. The molecule has 1 aliphatic heterocycles. The SMILES string of the molecule is O=c1c2cc([N+](=O)[O-])ccc2ncn1Cc1cc(Cl)c2c(c1)OCCCO2. The predicted molar refractivity (Wildman–Crippen MR) is 98.8 cm³/mol. The summed E-state index contributed by atoms with van der Waals surface area (Å²) in [6, 6.07) is 7.50. The summed E-state index contributed by atoms with van der Waals surface area (Å²) < 4.78 is 12.6. The number of nitrogens with zero attached hydrogens (tertiary/aromatic N) is 3. The van der Waals surface area contributed by atoms with Crippen LogP contribution in [0.1, 0.15) is 12.0 Å². The maximum Gasteiger partial charge on any atom is 0.270 e. The molecule has 27 heavy (non-hydrogen) atoms. The lowest BCUT2D eigenvalue weighted by Crippen LogP contribution is -2.21. The van der Waals surface area contributed by atoms with Crippen LogP contribution in [0.3, 0.4) is 0 Å². The van der Waals surface area contributed by atoms with Crippen molar-refractivity contribution in [3.63, 3.8) is 0 Å². The lowest BCUT2D eigenvalue weighted by Gasteiger charge is -2.12. The molecule has 0 spiro atoms. The first kappa shape index (κ1) is 17.3. The Morgan fingerprint density at radius 2 is 2.04 bits per heavy atom. The third-order valence-electron chi connectivity index (χ3n) is 4.23. The van der Waals surface area contributed by atoms with Crippen LogP contribution in [-0.2, 0) is 6.54 Å². The summed E-state index contributed by atoms with van der Waals surface area (Å²) >= 11 is 6.29. The minimum Gasteiger partial charge on any atom is -0.489 e. The Labute approximate surface area is 158 Å². The van der Waals surface area contributed by atoms with Gasteiger partial charge in [0.1, 0.15) is 0 Å². The molecule has 0 fully saturated rings. The first-order valence-electron chi connectivity index (χ1n) is 8.24. The molecule has 0 aliphatic carbocycles. The van der Waals surface area contributed by atoms with Gasteiger partial charge in [0.05, 0.1) is 46.9 Å². The van der Waals surface area contributed by atoms with E-state index in [1.807, 2.05) is 0 Å². The summed E-state index contributed by atoms with van der Waals surface area (Å²) in [5, 5.41) is 11.6. The molecule has 2 aromatic carbocycles. The van der Waals surface area contributed by atoms with Gasteiger partial charge in [-0.05, 0) is 23.8 Å². The minimum atomic E-state index is -0.542. The molecule has 2 heterocycles. The van der Waals surface area contributed by atoms with Crippen molar-refractivity contribution in [2.75, 3.05) is 13.2 Å². The highest BCUT2D eigenvalue weighted by Gasteiger charge is 2.17. The zero-order valence-corrected chi connectivity index (χ0v) is 14.8. The molecule has 3 aromatic rings. The summed E-state index contributed by atoms with van der Waals surface area (Å²) in [6.07, 6.45) is 2.17. The van der Waals surface area contributed by atoms with Crippen LogP contribution >= 0.6 is 11.6 Å². The van der Waals surface area contributed by atoms with Crippen LogP contribution in [0.4, 0.5) is 5.69 Å². The van der Waals surface area contributed by atoms with Crippen molar-refractivity contribution in [3.05, 3.63) is 67.7 Å². The van der Waals surface area contributed by atoms with Gasteiger partial charge in [0, 0.05) is 18.6 Å². The lowest BCUT2D eigenvalue weighted by atomic mass is 10.2. The van der Waals surface area contributed by atoms with Crippen LogP contribution in [0.2, 0.25) is 5.02 Å². The number of aromatic nitrogens is 2. The Morgan fingerprint density at radius 1 is 1.22 bits per heavy atom. The first-order chi connectivity index (χ1) is 13.0. The van der Waals surface area contributed by atoms with Gasteiger partial charge in [-0.3, -0.25) is 19.5 Å². The van der Waals surface area contributed by atoms with E-state index in [-0.39, 0.29) is 23.2 Å². The standard InChI is InChI=1S/C18H14ClN3O5/c19-14-6-11(7-16-17(14)27-5-1-4-26-16)9-21-10-20-15-3-2-12(22(24)25)8-13(15)18(21)23/h2-3,6-8,10H,1,4-5,9H2. The van der Waals surface area contributed by atoms with E-state index in [0.717, 1.165) is 12.0 Å². The van der Waals surface area contributed by atoms with Gasteiger partial charge in [-0.2, -0.15) is 0 Å². The van der Waals surface area contributed by atoms with Crippen molar-refractivity contribution in [2.45, 2.75) is 13.0 Å². The van der Waals surface area contributed by atoms with Crippen molar-refractivity contribution in [3.8, 4) is 11.5 Å². The molecule has 8 nitrogen and oxygen atoms in total. The highest BCUT2D eigenvalue weighted by Crippen LogP contribution is 2.38. The van der Waals surface area contributed by atoms with E-state index >= 15 is 0 Å². The number of benzene rings is 2. The third kappa shape index (κ3) is 3.31.